The Morgan fingerprint density at radius 3 is 2.82 bits per heavy atom. The van der Waals surface area contributed by atoms with Gasteiger partial charge in [0.1, 0.15) is 5.75 Å². The zero-order valence-corrected chi connectivity index (χ0v) is 14.8. The summed E-state index contributed by atoms with van der Waals surface area (Å²) >= 11 is 4.63. The van der Waals surface area contributed by atoms with Gasteiger partial charge in [-0.3, -0.25) is 4.79 Å². The number of amides is 1. The summed E-state index contributed by atoms with van der Waals surface area (Å²) in [6, 6.07) is 7.28. The molecule has 0 radical (unpaired) electrons. The maximum absolute atomic E-state index is 11.9. The molecule has 1 aromatic heterocycles. The van der Waals surface area contributed by atoms with E-state index in [9.17, 15) is 4.79 Å². The largest absolute Gasteiger partial charge is 0.497 e. The second-order valence-corrected chi connectivity index (χ2v) is 7.79. The fourth-order valence-electron chi connectivity index (χ4n) is 1.53. The number of anilines is 1. The highest BCUT2D eigenvalue weighted by Gasteiger charge is 2.09. The van der Waals surface area contributed by atoms with Crippen LogP contribution in [-0.4, -0.2) is 34.7 Å². The Bertz CT molecular complexity index is 619. The number of hydrogen-bond donors (Lipinski definition) is 1. The van der Waals surface area contributed by atoms with Crippen LogP contribution in [0.15, 0.2) is 32.9 Å². The van der Waals surface area contributed by atoms with Gasteiger partial charge in [-0.2, -0.15) is 0 Å². The molecule has 1 heterocycles. The molecule has 2 rings (SSSR count). The normalized spacial score (nSPS) is 10.5. The van der Waals surface area contributed by atoms with Crippen molar-refractivity contribution in [2.45, 2.75) is 22.0 Å². The average molecular weight is 356 g/mol. The zero-order chi connectivity index (χ0) is 15.8. The van der Waals surface area contributed by atoms with Gasteiger partial charge in [-0.25, -0.2) is 0 Å². The van der Waals surface area contributed by atoms with E-state index in [1.165, 1.54) is 23.1 Å². The molecule has 118 valence electrons. The summed E-state index contributed by atoms with van der Waals surface area (Å²) in [7, 11) is 1.60. The molecule has 0 saturated heterocycles. The van der Waals surface area contributed by atoms with E-state index in [2.05, 4.69) is 22.4 Å². The molecule has 0 fully saturated rings. The van der Waals surface area contributed by atoms with Gasteiger partial charge in [0.2, 0.25) is 5.91 Å². The van der Waals surface area contributed by atoms with E-state index in [4.69, 9.17) is 4.74 Å². The topological polar surface area (TPSA) is 64.1 Å². The molecule has 0 unspecified atom stereocenters. The number of carbonyl (C=O) groups excluding carboxylic acids is 1. The van der Waals surface area contributed by atoms with E-state index in [1.54, 1.807) is 24.9 Å². The smallest absolute Gasteiger partial charge is 0.234 e. The Labute approximate surface area is 142 Å². The Kier molecular flexibility index (Phi) is 7.01. The van der Waals surface area contributed by atoms with Crippen LogP contribution in [0.4, 0.5) is 5.69 Å². The number of rotatable bonds is 8. The zero-order valence-electron chi connectivity index (χ0n) is 12.4. The quantitative estimate of drug-likeness (QED) is 0.727. The molecule has 1 amide bonds. The van der Waals surface area contributed by atoms with Gasteiger partial charge in [0.05, 0.1) is 12.9 Å². The first kappa shape index (κ1) is 17.1. The van der Waals surface area contributed by atoms with Crippen molar-refractivity contribution >= 4 is 46.5 Å². The summed E-state index contributed by atoms with van der Waals surface area (Å²) in [6.07, 6.45) is 1.11. The van der Waals surface area contributed by atoms with Crippen LogP contribution in [0.2, 0.25) is 0 Å². The summed E-state index contributed by atoms with van der Waals surface area (Å²) in [6.45, 7) is 2.13. The average Bonchev–Trinajstić information content (AvgIpc) is 2.99. The van der Waals surface area contributed by atoms with Gasteiger partial charge in [0.15, 0.2) is 8.68 Å². The molecule has 1 N–H and O–H groups in total. The Morgan fingerprint density at radius 1 is 1.32 bits per heavy atom. The molecule has 0 aliphatic carbocycles. The maximum Gasteiger partial charge on any atom is 0.234 e. The van der Waals surface area contributed by atoms with Gasteiger partial charge in [0.25, 0.3) is 0 Å². The number of aromatic nitrogens is 2. The minimum atomic E-state index is -0.0729. The molecular formula is C14H17N3O2S3. The van der Waals surface area contributed by atoms with Crippen LogP contribution < -0.4 is 10.1 Å². The summed E-state index contributed by atoms with van der Waals surface area (Å²) in [5.74, 6) is 1.99. The molecule has 0 spiro atoms. The van der Waals surface area contributed by atoms with E-state index < -0.39 is 0 Å². The Morgan fingerprint density at radius 2 is 2.09 bits per heavy atom. The molecule has 22 heavy (non-hydrogen) atoms. The van der Waals surface area contributed by atoms with Crippen molar-refractivity contribution in [3.05, 3.63) is 24.3 Å². The van der Waals surface area contributed by atoms with Gasteiger partial charge in [-0.15, -0.1) is 10.2 Å². The Balaban J connectivity index is 1.80. The van der Waals surface area contributed by atoms with E-state index in [0.29, 0.717) is 11.5 Å². The van der Waals surface area contributed by atoms with Crippen LogP contribution in [0.1, 0.15) is 13.3 Å². The molecule has 0 aliphatic heterocycles. The highest BCUT2D eigenvalue weighted by Crippen LogP contribution is 2.29. The highest BCUT2D eigenvalue weighted by atomic mass is 32.2. The second kappa shape index (κ2) is 9.02. The van der Waals surface area contributed by atoms with Crippen molar-refractivity contribution < 1.29 is 9.53 Å². The van der Waals surface area contributed by atoms with Crippen molar-refractivity contribution in [3.63, 3.8) is 0 Å². The van der Waals surface area contributed by atoms with E-state index in [1.807, 2.05) is 18.2 Å². The number of thioether (sulfide) groups is 2. The molecule has 0 bridgehead atoms. The number of nitrogens with one attached hydrogen (secondary N) is 1. The summed E-state index contributed by atoms with van der Waals surface area (Å²) in [5, 5.41) is 11.0. The van der Waals surface area contributed by atoms with Crippen LogP contribution in [0.25, 0.3) is 0 Å². The molecular weight excluding hydrogens is 338 g/mol. The van der Waals surface area contributed by atoms with Crippen molar-refractivity contribution in [2.24, 2.45) is 0 Å². The standard InChI is InChI=1S/C14H17N3O2S3/c1-3-7-20-13-16-17-14(22-13)21-9-12(18)15-10-5-4-6-11(8-10)19-2/h4-6,8H,3,7,9H2,1-2H3,(H,15,18). The summed E-state index contributed by atoms with van der Waals surface area (Å²) in [4.78, 5) is 11.9. The molecule has 0 atom stereocenters. The number of methoxy groups -OCH3 is 1. The lowest BCUT2D eigenvalue weighted by molar-refractivity contribution is -0.113. The number of ether oxygens (including phenoxy) is 1. The molecule has 1 aromatic carbocycles. The van der Waals surface area contributed by atoms with Crippen molar-refractivity contribution in [2.75, 3.05) is 23.9 Å². The predicted octanol–water partition coefficient (Wildman–Crippen LogP) is 3.78. The number of benzene rings is 1. The molecule has 8 heteroatoms. The van der Waals surface area contributed by atoms with E-state index in [-0.39, 0.29) is 5.91 Å². The molecule has 0 saturated carbocycles. The third-order valence-electron chi connectivity index (χ3n) is 2.50. The lowest BCUT2D eigenvalue weighted by atomic mass is 10.3. The lowest BCUT2D eigenvalue weighted by Crippen LogP contribution is -2.13. The highest BCUT2D eigenvalue weighted by molar-refractivity contribution is 8.03. The number of nitrogens with zero attached hydrogens (tertiary/aromatic N) is 2. The fraction of sp³-hybridized carbons (Fsp3) is 0.357. The predicted molar refractivity (Wildman–Crippen MR) is 93.3 cm³/mol. The second-order valence-electron chi connectivity index (χ2n) is 4.25. The van der Waals surface area contributed by atoms with Crippen molar-refractivity contribution in [3.8, 4) is 5.75 Å². The fourth-order valence-corrected chi connectivity index (χ4v) is 4.27. The molecule has 2 aromatic rings. The Hall–Kier alpha value is -1.25. The first-order valence-electron chi connectivity index (χ1n) is 6.74. The number of carbonyl (C=O) groups is 1. The monoisotopic (exact) mass is 355 g/mol. The first-order chi connectivity index (χ1) is 10.7. The van der Waals surface area contributed by atoms with E-state index >= 15 is 0 Å². The minimum Gasteiger partial charge on any atom is -0.497 e. The summed E-state index contributed by atoms with van der Waals surface area (Å²) < 4.78 is 6.90. The van der Waals surface area contributed by atoms with Crippen LogP contribution in [-0.2, 0) is 4.79 Å². The van der Waals surface area contributed by atoms with Crippen LogP contribution in [0.5, 0.6) is 5.75 Å². The van der Waals surface area contributed by atoms with Gasteiger partial charge in [-0.05, 0) is 18.6 Å². The summed E-state index contributed by atoms with van der Waals surface area (Å²) in [5.41, 5.74) is 0.724. The molecule has 5 nitrogen and oxygen atoms in total. The maximum atomic E-state index is 11.9. The lowest BCUT2D eigenvalue weighted by Gasteiger charge is -2.06. The SMILES string of the molecule is CCCSc1nnc(SCC(=O)Nc2cccc(OC)c2)s1. The minimum absolute atomic E-state index is 0.0729. The van der Waals surface area contributed by atoms with Crippen molar-refractivity contribution in [1.29, 1.82) is 0 Å². The number of hydrogen-bond acceptors (Lipinski definition) is 7. The first-order valence-corrected chi connectivity index (χ1v) is 9.53. The van der Waals surface area contributed by atoms with Crippen LogP contribution >= 0.6 is 34.9 Å². The molecule has 0 aliphatic rings. The van der Waals surface area contributed by atoms with E-state index in [0.717, 1.165) is 26.5 Å². The van der Waals surface area contributed by atoms with Crippen LogP contribution in [0, 0.1) is 0 Å². The van der Waals surface area contributed by atoms with Crippen LogP contribution in [0.3, 0.4) is 0 Å². The third-order valence-corrected chi connectivity index (χ3v) is 5.89. The van der Waals surface area contributed by atoms with Gasteiger partial charge < -0.3 is 10.1 Å². The van der Waals surface area contributed by atoms with Gasteiger partial charge in [0, 0.05) is 17.5 Å². The van der Waals surface area contributed by atoms with Crippen molar-refractivity contribution in [1.82, 2.24) is 10.2 Å². The van der Waals surface area contributed by atoms with Gasteiger partial charge >= 0.3 is 0 Å². The third kappa shape index (κ3) is 5.51. The van der Waals surface area contributed by atoms with Gasteiger partial charge in [-0.1, -0.05) is 47.9 Å².